The van der Waals surface area contributed by atoms with Gasteiger partial charge in [0.2, 0.25) is 0 Å². The highest BCUT2D eigenvalue weighted by Gasteiger charge is 2.27. The number of benzene rings is 2. The number of carbonyl (C=O) groups excluding carboxylic acids is 3. The Balaban J connectivity index is 1.99. The van der Waals surface area contributed by atoms with Crippen molar-refractivity contribution in [1.82, 2.24) is 0 Å². The van der Waals surface area contributed by atoms with Gasteiger partial charge in [-0.15, -0.1) is 11.3 Å². The molecule has 7 nitrogen and oxygen atoms in total. The van der Waals surface area contributed by atoms with Crippen LogP contribution in [0.1, 0.15) is 42.9 Å². The highest BCUT2D eigenvalue weighted by Crippen LogP contribution is 2.36. The first-order valence-corrected chi connectivity index (χ1v) is 11.4. The SMILES string of the molecule is CCOC(=O)c1c(NC(=O)c2ccccc2OC)sc(C(=O)Nc2cccc(Cl)c2Cl)c1C. The van der Waals surface area contributed by atoms with Gasteiger partial charge in [0.15, 0.2) is 0 Å². The maximum Gasteiger partial charge on any atom is 0.341 e. The van der Waals surface area contributed by atoms with E-state index in [4.69, 9.17) is 32.7 Å². The number of nitrogens with one attached hydrogen (secondary N) is 2. The van der Waals surface area contributed by atoms with Crippen LogP contribution in [0, 0.1) is 6.92 Å². The first-order chi connectivity index (χ1) is 15.8. The highest BCUT2D eigenvalue weighted by molar-refractivity contribution is 7.19. The second-order valence-electron chi connectivity index (χ2n) is 6.69. The van der Waals surface area contributed by atoms with Crippen molar-refractivity contribution < 1.29 is 23.9 Å². The van der Waals surface area contributed by atoms with Crippen LogP contribution in [0.5, 0.6) is 5.75 Å². The van der Waals surface area contributed by atoms with E-state index in [1.165, 1.54) is 7.11 Å². The Kier molecular flexibility index (Phi) is 7.97. The summed E-state index contributed by atoms with van der Waals surface area (Å²) in [7, 11) is 1.45. The molecule has 172 valence electrons. The van der Waals surface area contributed by atoms with E-state index in [2.05, 4.69) is 10.6 Å². The summed E-state index contributed by atoms with van der Waals surface area (Å²) in [5, 5.41) is 6.07. The zero-order valence-electron chi connectivity index (χ0n) is 18.0. The third-order valence-corrected chi connectivity index (χ3v) is 6.64. The van der Waals surface area contributed by atoms with Crippen LogP contribution in [0.25, 0.3) is 0 Å². The topological polar surface area (TPSA) is 93.7 Å². The molecule has 0 aliphatic carbocycles. The van der Waals surface area contributed by atoms with Crippen molar-refractivity contribution in [2.75, 3.05) is 24.4 Å². The van der Waals surface area contributed by atoms with Gasteiger partial charge in [0.1, 0.15) is 10.8 Å². The summed E-state index contributed by atoms with van der Waals surface area (Å²) in [5.41, 5.74) is 1.06. The van der Waals surface area contributed by atoms with Crippen molar-refractivity contribution >= 4 is 63.0 Å². The van der Waals surface area contributed by atoms with Gasteiger partial charge in [0, 0.05) is 0 Å². The molecule has 1 heterocycles. The largest absolute Gasteiger partial charge is 0.496 e. The van der Waals surface area contributed by atoms with Crippen molar-refractivity contribution in [1.29, 1.82) is 0 Å². The molecule has 0 unspecified atom stereocenters. The predicted molar refractivity (Wildman–Crippen MR) is 130 cm³/mol. The molecule has 0 aliphatic rings. The summed E-state index contributed by atoms with van der Waals surface area (Å²) < 4.78 is 10.4. The Hall–Kier alpha value is -3.07. The van der Waals surface area contributed by atoms with Crippen LogP contribution in [0.15, 0.2) is 42.5 Å². The number of thiophene rings is 1. The van der Waals surface area contributed by atoms with E-state index in [9.17, 15) is 14.4 Å². The van der Waals surface area contributed by atoms with Crippen LogP contribution in [0.4, 0.5) is 10.7 Å². The number of rotatable bonds is 7. The van der Waals surface area contributed by atoms with E-state index < -0.39 is 17.8 Å². The Morgan fingerprint density at radius 1 is 1.00 bits per heavy atom. The van der Waals surface area contributed by atoms with Crippen molar-refractivity contribution in [3.8, 4) is 5.75 Å². The lowest BCUT2D eigenvalue weighted by Gasteiger charge is -2.09. The molecule has 2 aromatic carbocycles. The molecule has 3 rings (SSSR count). The summed E-state index contributed by atoms with van der Waals surface area (Å²) in [6, 6.07) is 11.5. The smallest absolute Gasteiger partial charge is 0.341 e. The van der Waals surface area contributed by atoms with Gasteiger partial charge >= 0.3 is 5.97 Å². The fourth-order valence-electron chi connectivity index (χ4n) is 3.05. The number of ether oxygens (including phenoxy) is 2. The summed E-state index contributed by atoms with van der Waals surface area (Å²) in [4.78, 5) is 38.8. The second-order valence-corrected chi connectivity index (χ2v) is 8.50. The molecular weight excluding hydrogens is 487 g/mol. The van der Waals surface area contributed by atoms with Crippen LogP contribution < -0.4 is 15.4 Å². The molecule has 0 bridgehead atoms. The van der Waals surface area contributed by atoms with Gasteiger partial charge in [-0.2, -0.15) is 0 Å². The lowest BCUT2D eigenvalue weighted by molar-refractivity contribution is 0.0527. The quantitative estimate of drug-likeness (QED) is 0.380. The molecule has 0 saturated heterocycles. The summed E-state index contributed by atoms with van der Waals surface area (Å²) >= 11 is 13.1. The Labute approximate surface area is 204 Å². The third-order valence-electron chi connectivity index (χ3n) is 4.61. The van der Waals surface area contributed by atoms with Crippen molar-refractivity contribution in [3.05, 3.63) is 74.1 Å². The number of amides is 2. The molecule has 2 amide bonds. The number of anilines is 2. The number of hydrogen-bond donors (Lipinski definition) is 2. The number of halogens is 2. The van der Waals surface area contributed by atoms with Gasteiger partial charge in [-0.25, -0.2) is 4.79 Å². The first-order valence-electron chi connectivity index (χ1n) is 9.78. The number of methoxy groups -OCH3 is 1. The Morgan fingerprint density at radius 2 is 1.73 bits per heavy atom. The first kappa shape index (κ1) is 24.6. The molecule has 0 aliphatic heterocycles. The Bertz CT molecular complexity index is 1230. The van der Waals surface area contributed by atoms with Crippen LogP contribution in [-0.4, -0.2) is 31.5 Å². The molecule has 0 fully saturated rings. The zero-order chi connectivity index (χ0) is 24.1. The average molecular weight is 507 g/mol. The Morgan fingerprint density at radius 3 is 2.42 bits per heavy atom. The van der Waals surface area contributed by atoms with Crippen LogP contribution >= 0.6 is 34.5 Å². The molecule has 0 spiro atoms. The lowest BCUT2D eigenvalue weighted by Crippen LogP contribution is -2.16. The maximum absolute atomic E-state index is 13.0. The van der Waals surface area contributed by atoms with E-state index >= 15 is 0 Å². The molecule has 33 heavy (non-hydrogen) atoms. The molecule has 2 N–H and O–H groups in total. The van der Waals surface area contributed by atoms with Crippen molar-refractivity contribution in [3.63, 3.8) is 0 Å². The zero-order valence-corrected chi connectivity index (χ0v) is 20.3. The summed E-state index contributed by atoms with van der Waals surface area (Å²) in [5.74, 6) is -1.29. The third kappa shape index (κ3) is 5.30. The van der Waals surface area contributed by atoms with Gasteiger partial charge in [0.25, 0.3) is 11.8 Å². The summed E-state index contributed by atoms with van der Waals surface area (Å²) in [6.07, 6.45) is 0. The predicted octanol–water partition coefficient (Wildman–Crippen LogP) is 6.05. The van der Waals surface area contributed by atoms with E-state index in [1.54, 1.807) is 56.3 Å². The van der Waals surface area contributed by atoms with Crippen molar-refractivity contribution in [2.24, 2.45) is 0 Å². The summed E-state index contributed by atoms with van der Waals surface area (Å²) in [6.45, 7) is 3.41. The number of esters is 1. The minimum absolute atomic E-state index is 0.104. The molecule has 0 saturated carbocycles. The van der Waals surface area contributed by atoms with E-state index in [1.807, 2.05) is 0 Å². The number of hydrogen-bond acceptors (Lipinski definition) is 6. The number of para-hydroxylation sites is 1. The van der Waals surface area contributed by atoms with E-state index in [0.717, 1.165) is 11.3 Å². The molecule has 3 aromatic rings. The van der Waals surface area contributed by atoms with Gasteiger partial charge < -0.3 is 20.1 Å². The average Bonchev–Trinajstić information content (AvgIpc) is 3.12. The van der Waals surface area contributed by atoms with Gasteiger partial charge in [-0.1, -0.05) is 41.4 Å². The normalized spacial score (nSPS) is 10.5. The van der Waals surface area contributed by atoms with Crippen LogP contribution in [-0.2, 0) is 4.74 Å². The molecule has 0 atom stereocenters. The fraction of sp³-hybridized carbons (Fsp3) is 0.174. The monoisotopic (exact) mass is 506 g/mol. The van der Waals surface area contributed by atoms with Gasteiger partial charge in [0.05, 0.1) is 45.5 Å². The van der Waals surface area contributed by atoms with Gasteiger partial charge in [-0.05, 0) is 43.7 Å². The molecule has 0 radical (unpaired) electrons. The molecule has 10 heteroatoms. The maximum atomic E-state index is 13.0. The fourth-order valence-corrected chi connectivity index (χ4v) is 4.48. The van der Waals surface area contributed by atoms with Crippen LogP contribution in [0.2, 0.25) is 10.0 Å². The molecule has 1 aromatic heterocycles. The van der Waals surface area contributed by atoms with E-state index in [-0.39, 0.29) is 37.7 Å². The number of carbonyl (C=O) groups is 3. The highest BCUT2D eigenvalue weighted by atomic mass is 35.5. The lowest BCUT2D eigenvalue weighted by atomic mass is 10.1. The standard InChI is InChI=1S/C23H20Cl2N2O5S/c1-4-32-23(30)17-12(2)19(21(29)26-15-10-7-9-14(24)18(15)25)33-22(17)27-20(28)13-8-5-6-11-16(13)31-3/h5-11H,4H2,1-3H3,(H,26,29)(H,27,28). The van der Waals surface area contributed by atoms with Crippen LogP contribution in [0.3, 0.4) is 0 Å². The van der Waals surface area contributed by atoms with Gasteiger partial charge in [-0.3, -0.25) is 9.59 Å². The second kappa shape index (κ2) is 10.7. The minimum Gasteiger partial charge on any atom is -0.496 e. The van der Waals surface area contributed by atoms with Crippen molar-refractivity contribution in [2.45, 2.75) is 13.8 Å². The van der Waals surface area contributed by atoms with E-state index in [0.29, 0.717) is 17.0 Å². The molecular formula is C23H20Cl2N2O5S. The minimum atomic E-state index is -0.651.